The SMILES string of the molecule is C=NCc1cnn2cc(OCC)cc(-c3ccc(N4CCC(CN(C)C)(NC(=O)c5ncccc5C(F)(F)F)CC4)nc3)c12. The van der Waals surface area contributed by atoms with Gasteiger partial charge in [0.15, 0.2) is 0 Å². The molecular weight excluding hydrogens is 573 g/mol. The number of piperidine rings is 1. The molecule has 0 saturated carbocycles. The van der Waals surface area contributed by atoms with Crippen LogP contribution in [0.2, 0.25) is 0 Å². The number of halogens is 3. The molecule has 0 spiro atoms. The van der Waals surface area contributed by atoms with Gasteiger partial charge in [-0.3, -0.25) is 14.8 Å². The van der Waals surface area contributed by atoms with E-state index in [1.54, 1.807) is 10.7 Å². The minimum atomic E-state index is -4.69. The fraction of sp³-hybridized carbons (Fsp3) is 0.387. The monoisotopic (exact) mass is 608 g/mol. The van der Waals surface area contributed by atoms with Gasteiger partial charge >= 0.3 is 6.18 Å². The van der Waals surface area contributed by atoms with Crippen LogP contribution in [0.3, 0.4) is 0 Å². The first-order valence-electron chi connectivity index (χ1n) is 14.3. The van der Waals surface area contributed by atoms with Gasteiger partial charge in [0.05, 0.1) is 42.2 Å². The Labute approximate surface area is 253 Å². The maximum atomic E-state index is 13.6. The summed E-state index contributed by atoms with van der Waals surface area (Å²) in [6.07, 6.45) is 2.95. The second kappa shape index (κ2) is 12.6. The first-order valence-corrected chi connectivity index (χ1v) is 14.3. The van der Waals surface area contributed by atoms with E-state index in [9.17, 15) is 18.0 Å². The molecule has 1 fully saturated rings. The van der Waals surface area contributed by atoms with E-state index in [2.05, 4.69) is 32.0 Å². The Morgan fingerprint density at radius 1 is 1.18 bits per heavy atom. The Morgan fingerprint density at radius 2 is 1.95 bits per heavy atom. The molecule has 5 heterocycles. The molecule has 232 valence electrons. The van der Waals surface area contributed by atoms with E-state index in [1.165, 1.54) is 12.3 Å². The molecule has 1 amide bonds. The Kier molecular flexibility index (Phi) is 8.86. The Balaban J connectivity index is 1.36. The summed E-state index contributed by atoms with van der Waals surface area (Å²) in [6, 6.07) is 7.96. The molecule has 0 bridgehead atoms. The molecule has 0 unspecified atom stereocenters. The molecule has 0 aliphatic carbocycles. The average Bonchev–Trinajstić information content (AvgIpc) is 3.39. The fourth-order valence-corrected chi connectivity index (χ4v) is 5.80. The van der Waals surface area contributed by atoms with Gasteiger partial charge in [-0.15, -0.1) is 0 Å². The smallest absolute Gasteiger partial charge is 0.418 e. The number of anilines is 1. The number of likely N-dealkylation sites (N-methyl/N-ethyl adjacent to an activating group) is 1. The quantitative estimate of drug-likeness (QED) is 0.260. The molecule has 1 N–H and O–H groups in total. The van der Waals surface area contributed by atoms with E-state index in [4.69, 9.17) is 9.72 Å². The summed E-state index contributed by atoms with van der Waals surface area (Å²) in [7, 11) is 3.74. The number of fused-ring (bicyclic) bond motifs is 1. The van der Waals surface area contributed by atoms with Gasteiger partial charge in [-0.25, -0.2) is 9.50 Å². The number of carbonyl (C=O) groups excluding carboxylic acids is 1. The van der Waals surface area contributed by atoms with Crippen LogP contribution in [0.4, 0.5) is 19.0 Å². The predicted molar refractivity (Wildman–Crippen MR) is 162 cm³/mol. The molecule has 4 aromatic rings. The summed E-state index contributed by atoms with van der Waals surface area (Å²) in [5.41, 5.74) is 1.22. The summed E-state index contributed by atoms with van der Waals surface area (Å²) in [4.78, 5) is 29.8. The van der Waals surface area contributed by atoms with Gasteiger partial charge in [-0.1, -0.05) is 0 Å². The van der Waals surface area contributed by atoms with Crippen molar-refractivity contribution in [3.05, 3.63) is 71.9 Å². The lowest BCUT2D eigenvalue weighted by molar-refractivity contribution is -0.138. The first kappa shape index (κ1) is 30.9. The molecule has 10 nitrogen and oxygen atoms in total. The van der Waals surface area contributed by atoms with Crippen LogP contribution in [0, 0.1) is 0 Å². The van der Waals surface area contributed by atoms with Crippen molar-refractivity contribution in [2.45, 2.75) is 38.0 Å². The predicted octanol–water partition coefficient (Wildman–Crippen LogP) is 4.74. The standard InChI is InChI=1S/C31H35F3N8O2/c1-5-44-23-15-24(28-22(16-35-2)18-38-42(28)19-23)21-8-9-26(37-17-21)41-13-10-30(11-14-41,20-40(3)4)39-29(43)27-25(31(32,33)34)7-6-12-36-27/h6-9,12,15,17-19H,2,5,10-11,13-14,16,20H2,1,3-4H3,(H,39,43). The summed E-state index contributed by atoms with van der Waals surface area (Å²) in [6.45, 7) is 8.05. The van der Waals surface area contributed by atoms with Gasteiger partial charge in [0, 0.05) is 48.7 Å². The van der Waals surface area contributed by atoms with Gasteiger partial charge in [0.2, 0.25) is 0 Å². The number of alkyl halides is 3. The molecule has 44 heavy (non-hydrogen) atoms. The second-order valence-electron chi connectivity index (χ2n) is 11.1. The Morgan fingerprint density at radius 3 is 2.59 bits per heavy atom. The third-order valence-electron chi connectivity index (χ3n) is 7.68. The lowest BCUT2D eigenvalue weighted by atomic mass is 9.86. The van der Waals surface area contributed by atoms with Crippen molar-refractivity contribution in [3.8, 4) is 16.9 Å². The largest absolute Gasteiger partial charge is 0.492 e. The minimum absolute atomic E-state index is 0.423. The maximum absolute atomic E-state index is 13.6. The highest BCUT2D eigenvalue weighted by atomic mass is 19.4. The van der Waals surface area contributed by atoms with Crippen LogP contribution in [0.25, 0.3) is 16.6 Å². The van der Waals surface area contributed by atoms with E-state index in [1.807, 2.05) is 56.5 Å². The summed E-state index contributed by atoms with van der Waals surface area (Å²) < 4.78 is 48.3. The number of ether oxygens (including phenoxy) is 1. The molecule has 13 heteroatoms. The molecule has 0 atom stereocenters. The summed E-state index contributed by atoms with van der Waals surface area (Å²) >= 11 is 0. The van der Waals surface area contributed by atoms with Crippen LogP contribution in [-0.4, -0.2) is 83.0 Å². The highest BCUT2D eigenvalue weighted by molar-refractivity contribution is 5.94. The van der Waals surface area contributed by atoms with Crippen LogP contribution >= 0.6 is 0 Å². The second-order valence-corrected chi connectivity index (χ2v) is 11.1. The molecule has 0 aromatic carbocycles. The number of nitrogens with zero attached hydrogens (tertiary/aromatic N) is 7. The van der Waals surface area contributed by atoms with Crippen LogP contribution in [0.5, 0.6) is 5.75 Å². The number of nitrogens with one attached hydrogen (secondary N) is 1. The van der Waals surface area contributed by atoms with E-state index >= 15 is 0 Å². The number of amides is 1. The number of hydrogen-bond acceptors (Lipinski definition) is 8. The van der Waals surface area contributed by atoms with Crippen molar-refractivity contribution in [1.82, 2.24) is 29.8 Å². The van der Waals surface area contributed by atoms with E-state index in [0.29, 0.717) is 51.4 Å². The van der Waals surface area contributed by atoms with Gasteiger partial charge in [-0.2, -0.15) is 18.3 Å². The number of hydrogen-bond donors (Lipinski definition) is 1. The average molecular weight is 609 g/mol. The third kappa shape index (κ3) is 6.52. The number of aromatic nitrogens is 4. The highest BCUT2D eigenvalue weighted by Crippen LogP contribution is 2.34. The number of carbonyl (C=O) groups is 1. The van der Waals surface area contributed by atoms with Crippen LogP contribution in [-0.2, 0) is 12.7 Å². The van der Waals surface area contributed by atoms with Crippen molar-refractivity contribution in [1.29, 1.82) is 0 Å². The molecule has 0 radical (unpaired) electrons. The van der Waals surface area contributed by atoms with E-state index in [0.717, 1.165) is 34.1 Å². The fourth-order valence-electron chi connectivity index (χ4n) is 5.80. The molecule has 5 rings (SSSR count). The van der Waals surface area contributed by atoms with E-state index in [-0.39, 0.29) is 0 Å². The topological polar surface area (TPSA) is 100 Å². The van der Waals surface area contributed by atoms with Crippen molar-refractivity contribution in [2.24, 2.45) is 4.99 Å². The summed E-state index contributed by atoms with van der Waals surface area (Å²) in [5, 5.41) is 7.39. The van der Waals surface area contributed by atoms with Gasteiger partial charge in [0.1, 0.15) is 17.3 Å². The number of pyridine rings is 3. The van der Waals surface area contributed by atoms with Crippen molar-refractivity contribution >= 4 is 24.0 Å². The van der Waals surface area contributed by atoms with Crippen LogP contribution in [0.1, 0.15) is 41.4 Å². The Bertz CT molecular complexity index is 1630. The van der Waals surface area contributed by atoms with Gasteiger partial charge in [-0.05, 0) is 70.9 Å². The lowest BCUT2D eigenvalue weighted by Gasteiger charge is -2.44. The molecule has 1 saturated heterocycles. The zero-order chi connectivity index (χ0) is 31.5. The van der Waals surface area contributed by atoms with Gasteiger partial charge in [0.25, 0.3) is 5.91 Å². The van der Waals surface area contributed by atoms with Crippen molar-refractivity contribution in [2.75, 3.05) is 45.2 Å². The molecule has 1 aliphatic heterocycles. The highest BCUT2D eigenvalue weighted by Gasteiger charge is 2.40. The zero-order valence-corrected chi connectivity index (χ0v) is 24.9. The van der Waals surface area contributed by atoms with E-state index < -0.39 is 28.9 Å². The number of aliphatic imine (C=N–C) groups is 1. The van der Waals surface area contributed by atoms with Crippen LogP contribution < -0.4 is 15.0 Å². The lowest BCUT2D eigenvalue weighted by Crippen LogP contribution is -2.60. The minimum Gasteiger partial charge on any atom is -0.492 e. The number of rotatable bonds is 10. The maximum Gasteiger partial charge on any atom is 0.418 e. The van der Waals surface area contributed by atoms with Crippen molar-refractivity contribution < 1.29 is 22.7 Å². The van der Waals surface area contributed by atoms with Crippen LogP contribution in [0.15, 0.2) is 60.1 Å². The zero-order valence-electron chi connectivity index (χ0n) is 24.9. The molecule has 4 aromatic heterocycles. The molecular formula is C31H35F3N8O2. The Hall–Kier alpha value is -4.52. The van der Waals surface area contributed by atoms with Crippen molar-refractivity contribution in [3.63, 3.8) is 0 Å². The van der Waals surface area contributed by atoms with Gasteiger partial charge < -0.3 is 19.9 Å². The first-order chi connectivity index (χ1) is 21.0. The third-order valence-corrected chi connectivity index (χ3v) is 7.68. The summed E-state index contributed by atoms with van der Waals surface area (Å²) in [5.74, 6) is 0.618. The molecule has 1 aliphatic rings. The normalized spacial score (nSPS) is 15.0.